The summed E-state index contributed by atoms with van der Waals surface area (Å²) < 4.78 is 5.56. The molecule has 1 saturated heterocycles. The highest BCUT2D eigenvalue weighted by Gasteiger charge is 2.51. The summed E-state index contributed by atoms with van der Waals surface area (Å²) in [6.45, 7) is 3.32. The maximum atomic E-state index is 5.56. The first kappa shape index (κ1) is 4.80. The lowest BCUT2D eigenvalue weighted by atomic mass is 10.0. The van der Waals surface area contributed by atoms with Crippen molar-refractivity contribution in [3.05, 3.63) is 0 Å². The van der Waals surface area contributed by atoms with Crippen LogP contribution in [0.15, 0.2) is 0 Å². The van der Waals surface area contributed by atoms with Crippen LogP contribution in [0.2, 0.25) is 0 Å². The highest BCUT2D eigenvalue weighted by Crippen LogP contribution is 2.50. The molecule has 1 nitrogen and oxygen atoms in total. The second-order valence-corrected chi connectivity index (χ2v) is 3.10. The van der Waals surface area contributed by atoms with Crippen LogP contribution in [0.4, 0.5) is 0 Å². The van der Waals surface area contributed by atoms with Gasteiger partial charge in [-0.25, -0.2) is 0 Å². The molecule has 1 aliphatic carbocycles. The third-order valence-corrected chi connectivity index (χ3v) is 2.58. The smallest absolute Gasteiger partial charge is 0.0710 e. The fourth-order valence-corrected chi connectivity index (χ4v) is 1.60. The molecule has 2 fully saturated rings. The van der Waals surface area contributed by atoms with Crippen molar-refractivity contribution in [1.82, 2.24) is 0 Å². The third kappa shape index (κ3) is 0.455. The lowest BCUT2D eigenvalue weighted by Crippen LogP contribution is -2.13. The van der Waals surface area contributed by atoms with Crippen molar-refractivity contribution < 1.29 is 4.74 Å². The predicted molar refractivity (Wildman–Crippen MR) is 31.7 cm³/mol. The fraction of sp³-hybridized carbons (Fsp3) is 1.00. The zero-order chi connectivity index (χ0) is 5.61. The van der Waals surface area contributed by atoms with Gasteiger partial charge in [-0.15, -0.1) is 0 Å². The van der Waals surface area contributed by atoms with Crippen molar-refractivity contribution in [3.63, 3.8) is 0 Å². The number of rotatable bonds is 0. The molecular weight excluding hydrogens is 100 g/mol. The summed E-state index contributed by atoms with van der Waals surface area (Å²) in [6, 6.07) is 0. The highest BCUT2D eigenvalue weighted by molar-refractivity contribution is 5.02. The summed E-state index contributed by atoms with van der Waals surface area (Å²) >= 11 is 0. The van der Waals surface area contributed by atoms with Gasteiger partial charge in [-0.1, -0.05) is 6.92 Å². The molecule has 1 atom stereocenters. The van der Waals surface area contributed by atoms with E-state index in [0.717, 1.165) is 12.5 Å². The van der Waals surface area contributed by atoms with E-state index in [2.05, 4.69) is 6.92 Å². The second-order valence-electron chi connectivity index (χ2n) is 3.10. The molecule has 0 aromatic carbocycles. The van der Waals surface area contributed by atoms with Crippen molar-refractivity contribution in [2.75, 3.05) is 6.61 Å². The van der Waals surface area contributed by atoms with Gasteiger partial charge in [-0.3, -0.25) is 0 Å². The molecule has 0 amide bonds. The molecule has 0 radical (unpaired) electrons. The lowest BCUT2D eigenvalue weighted by molar-refractivity contribution is 0.0722. The summed E-state index contributed by atoms with van der Waals surface area (Å²) in [7, 11) is 0. The quantitative estimate of drug-likeness (QED) is 0.462. The average Bonchev–Trinajstić information content (AvgIpc) is 2.39. The molecule has 0 unspecified atom stereocenters. The van der Waals surface area contributed by atoms with Crippen LogP contribution in [0, 0.1) is 5.92 Å². The van der Waals surface area contributed by atoms with E-state index in [9.17, 15) is 0 Å². The van der Waals surface area contributed by atoms with Crippen LogP contribution >= 0.6 is 0 Å². The Kier molecular flexibility index (Phi) is 0.762. The first-order valence-corrected chi connectivity index (χ1v) is 3.47. The fourth-order valence-electron chi connectivity index (χ4n) is 1.60. The Morgan fingerprint density at radius 2 is 2.25 bits per heavy atom. The van der Waals surface area contributed by atoms with Crippen LogP contribution in [-0.4, -0.2) is 12.2 Å². The van der Waals surface area contributed by atoms with E-state index in [-0.39, 0.29) is 0 Å². The molecule has 0 aromatic rings. The monoisotopic (exact) mass is 112 g/mol. The molecule has 1 heterocycles. The average molecular weight is 112 g/mol. The molecule has 1 saturated carbocycles. The van der Waals surface area contributed by atoms with Crippen LogP contribution in [0.25, 0.3) is 0 Å². The minimum Gasteiger partial charge on any atom is -0.375 e. The Labute approximate surface area is 50.0 Å². The van der Waals surface area contributed by atoms with E-state index >= 15 is 0 Å². The van der Waals surface area contributed by atoms with Crippen LogP contribution < -0.4 is 0 Å². The summed E-state index contributed by atoms with van der Waals surface area (Å²) in [5.41, 5.74) is 0.403. The van der Waals surface area contributed by atoms with Crippen molar-refractivity contribution in [3.8, 4) is 0 Å². The second kappa shape index (κ2) is 1.27. The molecule has 1 heteroatoms. The van der Waals surface area contributed by atoms with Gasteiger partial charge in [0.25, 0.3) is 0 Å². The maximum Gasteiger partial charge on any atom is 0.0710 e. The molecule has 0 N–H and O–H groups in total. The topological polar surface area (TPSA) is 9.23 Å². The van der Waals surface area contributed by atoms with Crippen molar-refractivity contribution in [2.45, 2.75) is 31.8 Å². The van der Waals surface area contributed by atoms with Crippen molar-refractivity contribution in [1.29, 1.82) is 0 Å². The molecule has 1 aliphatic heterocycles. The van der Waals surface area contributed by atoms with Gasteiger partial charge in [0, 0.05) is 6.61 Å². The molecule has 2 rings (SSSR count). The number of hydrogen-bond donors (Lipinski definition) is 0. The first-order chi connectivity index (χ1) is 3.83. The van der Waals surface area contributed by atoms with Gasteiger partial charge >= 0.3 is 0 Å². The summed E-state index contributed by atoms with van der Waals surface area (Å²) in [6.07, 6.45) is 3.95. The SMILES string of the molecule is C[C@H]1CCOC12CC2. The van der Waals surface area contributed by atoms with E-state index in [4.69, 9.17) is 4.74 Å². The standard InChI is InChI=1S/C7H12O/c1-6-2-5-8-7(6)3-4-7/h6H,2-5H2,1H3/t6-/m0/s1. The molecule has 1 spiro atoms. The normalized spacial score (nSPS) is 40.9. The summed E-state index contributed by atoms with van der Waals surface area (Å²) in [4.78, 5) is 0. The van der Waals surface area contributed by atoms with Crippen molar-refractivity contribution in [2.24, 2.45) is 5.92 Å². The van der Waals surface area contributed by atoms with Crippen LogP contribution in [0.3, 0.4) is 0 Å². The maximum absolute atomic E-state index is 5.56. The van der Waals surface area contributed by atoms with Crippen LogP contribution in [-0.2, 0) is 4.74 Å². The van der Waals surface area contributed by atoms with Gasteiger partial charge in [0.1, 0.15) is 0 Å². The lowest BCUT2D eigenvalue weighted by Gasteiger charge is -2.09. The summed E-state index contributed by atoms with van der Waals surface area (Å²) in [5, 5.41) is 0. The third-order valence-electron chi connectivity index (χ3n) is 2.58. The Balaban J connectivity index is 2.12. The Hall–Kier alpha value is -0.0400. The molecule has 8 heavy (non-hydrogen) atoms. The molecular formula is C7H12O. The zero-order valence-corrected chi connectivity index (χ0v) is 5.31. The Bertz CT molecular complexity index is 105. The van der Waals surface area contributed by atoms with E-state index in [1.165, 1.54) is 19.3 Å². The first-order valence-electron chi connectivity index (χ1n) is 3.47. The number of hydrogen-bond acceptors (Lipinski definition) is 1. The van der Waals surface area contributed by atoms with Gasteiger partial charge in [0.05, 0.1) is 5.60 Å². The van der Waals surface area contributed by atoms with Crippen LogP contribution in [0.1, 0.15) is 26.2 Å². The van der Waals surface area contributed by atoms with E-state index in [0.29, 0.717) is 5.60 Å². The minimum atomic E-state index is 0.403. The summed E-state index contributed by atoms with van der Waals surface area (Å²) in [5.74, 6) is 0.850. The van der Waals surface area contributed by atoms with Gasteiger partial charge in [0.2, 0.25) is 0 Å². The van der Waals surface area contributed by atoms with E-state index < -0.39 is 0 Å². The minimum absolute atomic E-state index is 0.403. The van der Waals surface area contributed by atoms with Gasteiger partial charge in [-0.05, 0) is 25.2 Å². The van der Waals surface area contributed by atoms with Crippen molar-refractivity contribution >= 4 is 0 Å². The van der Waals surface area contributed by atoms with Gasteiger partial charge in [0.15, 0.2) is 0 Å². The van der Waals surface area contributed by atoms with E-state index in [1.807, 2.05) is 0 Å². The van der Waals surface area contributed by atoms with Crippen LogP contribution in [0.5, 0.6) is 0 Å². The molecule has 2 aliphatic rings. The molecule has 0 bridgehead atoms. The highest BCUT2D eigenvalue weighted by atomic mass is 16.5. The van der Waals surface area contributed by atoms with Gasteiger partial charge in [-0.2, -0.15) is 0 Å². The Morgan fingerprint density at radius 3 is 2.50 bits per heavy atom. The van der Waals surface area contributed by atoms with E-state index in [1.54, 1.807) is 0 Å². The molecule has 46 valence electrons. The Morgan fingerprint density at radius 1 is 1.50 bits per heavy atom. The predicted octanol–water partition coefficient (Wildman–Crippen LogP) is 1.58. The molecule has 0 aromatic heterocycles. The number of ether oxygens (including phenoxy) is 1. The largest absolute Gasteiger partial charge is 0.375 e. The van der Waals surface area contributed by atoms with Gasteiger partial charge < -0.3 is 4.74 Å². The zero-order valence-electron chi connectivity index (χ0n) is 5.31.